The predicted octanol–water partition coefficient (Wildman–Crippen LogP) is 5.26. The molecule has 1 aliphatic carbocycles. The van der Waals surface area contributed by atoms with Gasteiger partial charge in [-0.05, 0) is 24.0 Å². The topological polar surface area (TPSA) is 46.5 Å². The van der Waals surface area contributed by atoms with Crippen LogP contribution in [0.4, 0.5) is 0 Å². The van der Waals surface area contributed by atoms with E-state index in [1.54, 1.807) is 0 Å². The molecule has 3 aromatic rings. The van der Waals surface area contributed by atoms with Gasteiger partial charge in [0.15, 0.2) is 6.10 Å². The third-order valence-corrected chi connectivity index (χ3v) is 5.83. The Hall–Kier alpha value is -3.33. The fraction of sp³-hybridized carbons (Fsp3) is 0.160. The summed E-state index contributed by atoms with van der Waals surface area (Å²) in [6.45, 7) is 0. The lowest BCUT2D eigenvalue weighted by Gasteiger charge is -2.34. The minimum atomic E-state index is -0.600. The third kappa shape index (κ3) is 2.63. The van der Waals surface area contributed by atoms with Crippen molar-refractivity contribution in [1.82, 2.24) is 0 Å². The molecule has 0 saturated heterocycles. The van der Waals surface area contributed by atoms with Gasteiger partial charge in [0, 0.05) is 22.6 Å². The van der Waals surface area contributed by atoms with Crippen LogP contribution < -0.4 is 4.74 Å². The number of carbonyl (C=O) groups is 1. The van der Waals surface area contributed by atoms with Gasteiger partial charge in [0.05, 0.1) is 0 Å². The number of hydrogen-bond acceptors (Lipinski definition) is 3. The number of hydrogen-bond donors (Lipinski definition) is 1. The predicted molar refractivity (Wildman–Crippen MR) is 108 cm³/mol. The lowest BCUT2D eigenvalue weighted by Crippen LogP contribution is -2.39. The van der Waals surface area contributed by atoms with E-state index >= 15 is 0 Å². The molecule has 1 saturated carbocycles. The van der Waals surface area contributed by atoms with Crippen molar-refractivity contribution in [2.75, 3.05) is 0 Å². The maximum absolute atomic E-state index is 13.3. The molecule has 1 aliphatic heterocycles. The second-order valence-electron chi connectivity index (χ2n) is 7.38. The summed E-state index contributed by atoms with van der Waals surface area (Å²) in [5.41, 5.74) is 3.34. The van der Waals surface area contributed by atoms with Gasteiger partial charge in [-0.15, -0.1) is 0 Å². The number of ether oxygens (including phenoxy) is 1. The largest absolute Gasteiger partial charge is 0.507 e. The van der Waals surface area contributed by atoms with Crippen LogP contribution in [0.1, 0.15) is 34.9 Å². The Bertz CT molecular complexity index is 1050. The summed E-state index contributed by atoms with van der Waals surface area (Å²) in [5, 5.41) is 10.9. The smallest absolute Gasteiger partial charge is 0.203 e. The SMILES string of the molecule is O=C1/C(=C(/O)c2ccccc2)C[C@H](c2ccccc2)[C@H]2c3ccccc3O[C@@H]12. The highest BCUT2D eigenvalue weighted by molar-refractivity contribution is 6.06. The van der Waals surface area contributed by atoms with Crippen molar-refractivity contribution in [2.45, 2.75) is 24.4 Å². The summed E-state index contributed by atoms with van der Waals surface area (Å²) < 4.78 is 6.10. The van der Waals surface area contributed by atoms with Crippen LogP contribution in [0, 0.1) is 0 Å². The van der Waals surface area contributed by atoms with Crippen molar-refractivity contribution in [2.24, 2.45) is 0 Å². The van der Waals surface area contributed by atoms with Crippen LogP contribution >= 0.6 is 0 Å². The average Bonchev–Trinajstić information content (AvgIpc) is 3.15. The number of aliphatic hydroxyl groups excluding tert-OH is 1. The van der Waals surface area contributed by atoms with Crippen LogP contribution in [0.5, 0.6) is 5.75 Å². The summed E-state index contributed by atoms with van der Waals surface area (Å²) in [6.07, 6.45) is -0.111. The van der Waals surface area contributed by atoms with E-state index in [0.29, 0.717) is 17.6 Å². The Kier molecular flexibility index (Phi) is 4.01. The van der Waals surface area contributed by atoms with E-state index in [0.717, 1.165) is 16.9 Å². The standard InChI is InChI=1S/C25H20O3/c26-23(17-11-5-2-6-12-17)20-15-19(16-9-3-1-4-10-16)22-18-13-7-8-14-21(18)28-25(22)24(20)27/h1-14,19,22,25-26H,15H2/b23-20+/t19-,22-,25-/m1/s1. The van der Waals surface area contributed by atoms with Gasteiger partial charge in [0.1, 0.15) is 11.5 Å². The minimum Gasteiger partial charge on any atom is -0.507 e. The molecule has 0 bridgehead atoms. The van der Waals surface area contributed by atoms with Gasteiger partial charge >= 0.3 is 0 Å². The van der Waals surface area contributed by atoms with Gasteiger partial charge in [0.25, 0.3) is 0 Å². The van der Waals surface area contributed by atoms with Crippen molar-refractivity contribution in [3.8, 4) is 5.75 Å². The van der Waals surface area contributed by atoms with E-state index in [1.165, 1.54) is 0 Å². The number of aliphatic hydroxyl groups is 1. The zero-order valence-corrected chi connectivity index (χ0v) is 15.3. The maximum atomic E-state index is 13.3. The maximum Gasteiger partial charge on any atom is 0.203 e. The molecule has 1 heterocycles. The summed E-state index contributed by atoms with van der Waals surface area (Å²) >= 11 is 0. The quantitative estimate of drug-likeness (QED) is 0.496. The lowest BCUT2D eigenvalue weighted by atomic mass is 9.69. The molecule has 0 unspecified atom stereocenters. The first-order chi connectivity index (χ1) is 13.7. The Morgan fingerprint density at radius 3 is 2.25 bits per heavy atom. The molecule has 3 heteroatoms. The van der Waals surface area contributed by atoms with E-state index in [1.807, 2.05) is 66.7 Å². The Balaban J connectivity index is 1.65. The highest BCUT2D eigenvalue weighted by atomic mass is 16.5. The number of rotatable bonds is 2. The van der Waals surface area contributed by atoms with Crippen molar-refractivity contribution >= 4 is 11.5 Å². The van der Waals surface area contributed by atoms with Crippen LogP contribution in [-0.2, 0) is 4.79 Å². The second kappa shape index (κ2) is 6.68. The highest BCUT2D eigenvalue weighted by Crippen LogP contribution is 2.52. The Morgan fingerprint density at radius 1 is 0.857 bits per heavy atom. The zero-order chi connectivity index (χ0) is 19.1. The van der Waals surface area contributed by atoms with Crippen molar-refractivity contribution < 1.29 is 14.6 Å². The molecule has 0 spiro atoms. The molecule has 28 heavy (non-hydrogen) atoms. The first kappa shape index (κ1) is 16.8. The van der Waals surface area contributed by atoms with Crippen LogP contribution in [0.25, 0.3) is 5.76 Å². The molecule has 138 valence electrons. The van der Waals surface area contributed by atoms with Gasteiger partial charge in [0.2, 0.25) is 5.78 Å². The molecule has 5 rings (SSSR count). The normalized spacial score (nSPS) is 24.9. The van der Waals surface area contributed by atoms with Gasteiger partial charge in [-0.2, -0.15) is 0 Å². The summed E-state index contributed by atoms with van der Waals surface area (Å²) in [7, 11) is 0. The zero-order valence-electron chi connectivity index (χ0n) is 15.3. The Labute approximate surface area is 163 Å². The van der Waals surface area contributed by atoms with Crippen LogP contribution in [-0.4, -0.2) is 17.0 Å². The minimum absolute atomic E-state index is 0.0431. The summed E-state index contributed by atoms with van der Waals surface area (Å²) in [4.78, 5) is 13.3. The van der Waals surface area contributed by atoms with E-state index in [2.05, 4.69) is 18.2 Å². The number of fused-ring (bicyclic) bond motifs is 3. The number of para-hydroxylation sites is 1. The lowest BCUT2D eigenvalue weighted by molar-refractivity contribution is -0.123. The molecule has 1 N–H and O–H groups in total. The van der Waals surface area contributed by atoms with E-state index in [9.17, 15) is 9.90 Å². The molecule has 3 aromatic carbocycles. The summed E-state index contributed by atoms with van der Waals surface area (Å²) in [6, 6.07) is 27.4. The second-order valence-corrected chi connectivity index (χ2v) is 7.38. The highest BCUT2D eigenvalue weighted by Gasteiger charge is 2.49. The van der Waals surface area contributed by atoms with Crippen molar-refractivity contribution in [1.29, 1.82) is 0 Å². The molecule has 3 nitrogen and oxygen atoms in total. The number of carbonyl (C=O) groups excluding carboxylic acids is 1. The van der Waals surface area contributed by atoms with Crippen molar-refractivity contribution in [3.05, 3.63) is 107 Å². The molecular formula is C25H20O3. The number of ketones is 1. The molecule has 0 amide bonds. The molecule has 0 aromatic heterocycles. The van der Waals surface area contributed by atoms with E-state index < -0.39 is 6.10 Å². The van der Waals surface area contributed by atoms with Gasteiger partial charge in [-0.3, -0.25) is 4.79 Å². The first-order valence-corrected chi connectivity index (χ1v) is 9.56. The third-order valence-electron chi connectivity index (χ3n) is 5.83. The van der Waals surface area contributed by atoms with Gasteiger partial charge < -0.3 is 9.84 Å². The molecule has 1 fully saturated rings. The van der Waals surface area contributed by atoms with Crippen molar-refractivity contribution in [3.63, 3.8) is 0 Å². The van der Waals surface area contributed by atoms with Crippen LogP contribution in [0.3, 0.4) is 0 Å². The fourth-order valence-electron chi connectivity index (χ4n) is 4.51. The summed E-state index contributed by atoms with van der Waals surface area (Å²) in [5.74, 6) is 0.735. The number of Topliss-reactive ketones (excluding diaryl/α,β-unsaturated/α-hetero) is 1. The Morgan fingerprint density at radius 2 is 1.50 bits per heavy atom. The number of benzene rings is 3. The van der Waals surface area contributed by atoms with Crippen LogP contribution in [0.2, 0.25) is 0 Å². The fourth-order valence-corrected chi connectivity index (χ4v) is 4.51. The molecule has 2 aliphatic rings. The van der Waals surface area contributed by atoms with Gasteiger partial charge in [-0.25, -0.2) is 0 Å². The van der Waals surface area contributed by atoms with E-state index in [4.69, 9.17) is 4.74 Å². The monoisotopic (exact) mass is 368 g/mol. The molecule has 0 radical (unpaired) electrons. The molecule has 3 atom stereocenters. The average molecular weight is 368 g/mol. The molecular weight excluding hydrogens is 348 g/mol. The van der Waals surface area contributed by atoms with Crippen LogP contribution in [0.15, 0.2) is 90.5 Å². The van der Waals surface area contributed by atoms with E-state index in [-0.39, 0.29) is 23.4 Å². The first-order valence-electron chi connectivity index (χ1n) is 9.56. The van der Waals surface area contributed by atoms with Gasteiger partial charge in [-0.1, -0.05) is 78.9 Å².